The molecule has 1 atom stereocenters. The normalized spacial score (nSPS) is 20.7. The molecule has 1 rings (SSSR count). The van der Waals surface area contributed by atoms with Crippen LogP contribution in [-0.4, -0.2) is 42.4 Å². The Labute approximate surface area is 122 Å². The third kappa shape index (κ3) is 4.30. The summed E-state index contributed by atoms with van der Waals surface area (Å²) in [6, 6.07) is 0.496. The van der Waals surface area contributed by atoms with E-state index in [1.807, 2.05) is 0 Å². The molecule has 1 fully saturated rings. The van der Waals surface area contributed by atoms with Crippen LogP contribution in [-0.2, 0) is 14.3 Å². The predicted octanol–water partition coefficient (Wildman–Crippen LogP) is 2.80. The maximum atomic E-state index is 12.5. The third-order valence-electron chi connectivity index (χ3n) is 4.20. The van der Waals surface area contributed by atoms with Gasteiger partial charge in [-0.25, -0.2) is 0 Å². The first-order valence-corrected chi connectivity index (χ1v) is 7.88. The van der Waals surface area contributed by atoms with Crippen molar-refractivity contribution in [2.75, 3.05) is 19.7 Å². The molecular formula is C16H29NO3. The van der Waals surface area contributed by atoms with Crippen LogP contribution in [0.2, 0.25) is 0 Å². The number of Topliss-reactive ketones (excluding diaryl/α,β-unsaturated/α-hetero) is 1. The Morgan fingerprint density at radius 3 is 2.55 bits per heavy atom. The van der Waals surface area contributed by atoms with Gasteiger partial charge in [0, 0.05) is 6.04 Å². The van der Waals surface area contributed by atoms with Crippen molar-refractivity contribution >= 4 is 11.8 Å². The SMILES string of the molecule is CCCC1CCCCN1CC(=O)C(C)(C)C(=O)OCC. The molecule has 0 aliphatic carbocycles. The molecule has 0 amide bonds. The highest BCUT2D eigenvalue weighted by atomic mass is 16.5. The van der Waals surface area contributed by atoms with Gasteiger partial charge in [-0.2, -0.15) is 0 Å². The lowest BCUT2D eigenvalue weighted by atomic mass is 9.86. The van der Waals surface area contributed by atoms with E-state index in [0.29, 0.717) is 19.2 Å². The van der Waals surface area contributed by atoms with Crippen LogP contribution in [0.1, 0.15) is 59.8 Å². The summed E-state index contributed by atoms with van der Waals surface area (Å²) in [4.78, 5) is 26.6. The number of ketones is 1. The molecule has 4 nitrogen and oxygen atoms in total. The average molecular weight is 283 g/mol. The molecule has 0 spiro atoms. The lowest BCUT2D eigenvalue weighted by Gasteiger charge is -2.36. The van der Waals surface area contributed by atoms with E-state index < -0.39 is 11.4 Å². The van der Waals surface area contributed by atoms with E-state index in [1.165, 1.54) is 12.8 Å². The second-order valence-corrected chi connectivity index (χ2v) is 6.18. The van der Waals surface area contributed by atoms with Crippen molar-refractivity contribution in [2.45, 2.75) is 65.8 Å². The Balaban J connectivity index is 2.65. The minimum absolute atomic E-state index is 0.0287. The van der Waals surface area contributed by atoms with E-state index in [9.17, 15) is 9.59 Å². The molecule has 0 saturated carbocycles. The Morgan fingerprint density at radius 1 is 1.25 bits per heavy atom. The topological polar surface area (TPSA) is 46.6 Å². The number of likely N-dealkylation sites (tertiary alicyclic amines) is 1. The van der Waals surface area contributed by atoms with Gasteiger partial charge in [-0.1, -0.05) is 19.8 Å². The summed E-state index contributed by atoms with van der Waals surface area (Å²) in [5, 5.41) is 0. The second-order valence-electron chi connectivity index (χ2n) is 6.18. The van der Waals surface area contributed by atoms with Crippen molar-refractivity contribution in [1.29, 1.82) is 0 Å². The number of piperidine rings is 1. The maximum absolute atomic E-state index is 12.5. The van der Waals surface area contributed by atoms with Crippen LogP contribution in [0.25, 0.3) is 0 Å². The quantitative estimate of drug-likeness (QED) is 0.532. The van der Waals surface area contributed by atoms with E-state index in [2.05, 4.69) is 11.8 Å². The number of hydrogen-bond acceptors (Lipinski definition) is 4. The van der Waals surface area contributed by atoms with Crippen molar-refractivity contribution in [3.63, 3.8) is 0 Å². The molecule has 20 heavy (non-hydrogen) atoms. The smallest absolute Gasteiger partial charge is 0.319 e. The first-order valence-electron chi connectivity index (χ1n) is 7.88. The van der Waals surface area contributed by atoms with Gasteiger partial charge >= 0.3 is 5.97 Å². The zero-order valence-corrected chi connectivity index (χ0v) is 13.4. The van der Waals surface area contributed by atoms with Gasteiger partial charge < -0.3 is 4.74 Å². The molecule has 1 aliphatic heterocycles. The summed E-state index contributed by atoms with van der Waals surface area (Å²) in [6.07, 6.45) is 5.83. The van der Waals surface area contributed by atoms with Gasteiger partial charge in [-0.15, -0.1) is 0 Å². The Hall–Kier alpha value is -0.900. The van der Waals surface area contributed by atoms with E-state index >= 15 is 0 Å². The largest absolute Gasteiger partial charge is 0.465 e. The predicted molar refractivity (Wildman–Crippen MR) is 79.5 cm³/mol. The lowest BCUT2D eigenvalue weighted by Crippen LogP contribution is -2.47. The van der Waals surface area contributed by atoms with Crippen LogP contribution in [0.5, 0.6) is 0 Å². The van der Waals surface area contributed by atoms with Crippen LogP contribution in [0, 0.1) is 5.41 Å². The highest BCUT2D eigenvalue weighted by Gasteiger charge is 2.38. The second kappa shape index (κ2) is 7.77. The minimum atomic E-state index is -1.04. The average Bonchev–Trinajstić information content (AvgIpc) is 2.41. The van der Waals surface area contributed by atoms with Crippen LogP contribution in [0.3, 0.4) is 0 Å². The Morgan fingerprint density at radius 2 is 1.95 bits per heavy atom. The van der Waals surface area contributed by atoms with Gasteiger partial charge in [0.25, 0.3) is 0 Å². The zero-order chi connectivity index (χ0) is 15.2. The molecule has 1 aliphatic rings. The molecule has 0 N–H and O–H groups in total. The minimum Gasteiger partial charge on any atom is -0.465 e. The highest BCUT2D eigenvalue weighted by Crippen LogP contribution is 2.24. The summed E-state index contributed by atoms with van der Waals surface area (Å²) < 4.78 is 5.01. The molecule has 0 aromatic rings. The standard InChI is InChI=1S/C16H29NO3/c1-5-9-13-10-7-8-11-17(13)12-14(18)16(3,4)15(19)20-6-2/h13H,5-12H2,1-4H3. The molecule has 1 saturated heterocycles. The van der Waals surface area contributed by atoms with E-state index in [0.717, 1.165) is 25.8 Å². The number of nitrogens with zero attached hydrogens (tertiary/aromatic N) is 1. The van der Waals surface area contributed by atoms with Crippen LogP contribution >= 0.6 is 0 Å². The van der Waals surface area contributed by atoms with Crippen molar-refractivity contribution in [1.82, 2.24) is 4.90 Å². The lowest BCUT2D eigenvalue weighted by molar-refractivity contribution is -0.158. The first-order chi connectivity index (χ1) is 9.43. The first kappa shape index (κ1) is 17.2. The number of carbonyl (C=O) groups is 2. The van der Waals surface area contributed by atoms with Crippen LogP contribution < -0.4 is 0 Å². The Bertz CT molecular complexity index is 337. The molecule has 1 unspecified atom stereocenters. The fourth-order valence-corrected chi connectivity index (χ4v) is 2.74. The molecule has 116 valence electrons. The van der Waals surface area contributed by atoms with Crippen molar-refractivity contribution < 1.29 is 14.3 Å². The van der Waals surface area contributed by atoms with Crippen molar-refractivity contribution in [2.24, 2.45) is 5.41 Å². The van der Waals surface area contributed by atoms with E-state index in [1.54, 1.807) is 20.8 Å². The summed E-state index contributed by atoms with van der Waals surface area (Å²) >= 11 is 0. The number of ether oxygens (including phenoxy) is 1. The highest BCUT2D eigenvalue weighted by molar-refractivity contribution is 6.03. The van der Waals surface area contributed by atoms with Gasteiger partial charge in [0.15, 0.2) is 5.78 Å². The van der Waals surface area contributed by atoms with E-state index in [4.69, 9.17) is 4.74 Å². The maximum Gasteiger partial charge on any atom is 0.319 e. The van der Waals surface area contributed by atoms with E-state index in [-0.39, 0.29) is 5.78 Å². The van der Waals surface area contributed by atoms with Crippen molar-refractivity contribution in [3.8, 4) is 0 Å². The molecule has 0 aromatic carbocycles. The summed E-state index contributed by atoms with van der Waals surface area (Å²) in [6.45, 7) is 8.94. The zero-order valence-electron chi connectivity index (χ0n) is 13.4. The van der Waals surface area contributed by atoms with Gasteiger partial charge in [0.2, 0.25) is 0 Å². The monoisotopic (exact) mass is 283 g/mol. The molecular weight excluding hydrogens is 254 g/mol. The fraction of sp³-hybridized carbons (Fsp3) is 0.875. The fourth-order valence-electron chi connectivity index (χ4n) is 2.74. The van der Waals surface area contributed by atoms with Crippen LogP contribution in [0.4, 0.5) is 0 Å². The molecule has 0 bridgehead atoms. The molecule has 0 aromatic heterocycles. The van der Waals surface area contributed by atoms with Crippen molar-refractivity contribution in [3.05, 3.63) is 0 Å². The molecule has 0 radical (unpaired) electrons. The number of esters is 1. The summed E-state index contributed by atoms with van der Waals surface area (Å²) in [7, 11) is 0. The Kier molecular flexibility index (Phi) is 6.66. The van der Waals surface area contributed by atoms with Gasteiger partial charge in [-0.05, 0) is 46.6 Å². The molecule has 1 heterocycles. The number of hydrogen-bond donors (Lipinski definition) is 0. The number of rotatable bonds is 7. The number of carbonyl (C=O) groups excluding carboxylic acids is 2. The van der Waals surface area contributed by atoms with Crippen LogP contribution in [0.15, 0.2) is 0 Å². The summed E-state index contributed by atoms with van der Waals surface area (Å²) in [5.41, 5.74) is -1.04. The summed E-state index contributed by atoms with van der Waals surface area (Å²) in [5.74, 6) is -0.437. The third-order valence-corrected chi connectivity index (χ3v) is 4.20. The van der Waals surface area contributed by atoms with Gasteiger partial charge in [0.05, 0.1) is 13.2 Å². The molecule has 4 heteroatoms. The van der Waals surface area contributed by atoms with Gasteiger partial charge in [0.1, 0.15) is 5.41 Å². The van der Waals surface area contributed by atoms with Gasteiger partial charge in [-0.3, -0.25) is 14.5 Å².